The molecule has 1 amide bonds. The van der Waals surface area contributed by atoms with Gasteiger partial charge in [-0.2, -0.15) is 5.26 Å². The molecule has 2 aromatic rings. The van der Waals surface area contributed by atoms with Gasteiger partial charge in [-0.25, -0.2) is 9.37 Å². The van der Waals surface area contributed by atoms with Gasteiger partial charge in [-0.3, -0.25) is 14.4 Å². The molecule has 2 aliphatic heterocycles. The lowest BCUT2D eigenvalue weighted by molar-refractivity contribution is -0.132. The Bertz CT molecular complexity index is 1300. The number of nitriles is 1. The molecule has 2 saturated heterocycles. The quantitative estimate of drug-likeness (QED) is 0.102. The van der Waals surface area contributed by atoms with Crippen molar-refractivity contribution in [2.24, 2.45) is 5.41 Å². The maximum Gasteiger partial charge on any atom is 0.238 e. The lowest BCUT2D eigenvalue weighted by atomic mass is 9.72. The smallest absolute Gasteiger partial charge is 0.238 e. The number of carbonyl (C=O) groups excluding carboxylic acids is 1. The summed E-state index contributed by atoms with van der Waals surface area (Å²) in [5, 5.41) is 9.75. The van der Waals surface area contributed by atoms with Gasteiger partial charge in [0.1, 0.15) is 10.0 Å². The van der Waals surface area contributed by atoms with Crippen LogP contribution in [0.25, 0.3) is 5.57 Å². The first kappa shape index (κ1) is 31.3. The van der Waals surface area contributed by atoms with Gasteiger partial charge in [0, 0.05) is 42.0 Å². The summed E-state index contributed by atoms with van der Waals surface area (Å²) in [6, 6.07) is 9.34. The second-order valence-electron chi connectivity index (χ2n) is 10.7. The van der Waals surface area contributed by atoms with Gasteiger partial charge >= 0.3 is 0 Å². The van der Waals surface area contributed by atoms with Crippen molar-refractivity contribution in [1.29, 1.82) is 5.26 Å². The molecule has 0 bridgehead atoms. The van der Waals surface area contributed by atoms with Crippen LogP contribution in [0.3, 0.4) is 0 Å². The normalized spacial score (nSPS) is 16.8. The van der Waals surface area contributed by atoms with E-state index in [-0.39, 0.29) is 22.6 Å². The number of carbonyl (C=O) groups is 1. The molecule has 4 rings (SSSR count). The standard InChI is InChI=1S/C28H32FN5OS2.H2S2/c1-18(15-30)14-23(19(2)29)21-8-10-22(11-9-21)33-16-28(17-33)12-7-13-34(25(28)35)26-31-20(3)24(36-26)37-32-27(4,5)6;1-2/h8-11,14,32H,1-2,7,12-13,16-17H2,3-6H3;1-2H/b23-14+;. The molecular formula is C28H34FN5OS4. The number of piperidine rings is 1. The molecule has 2 aliphatic rings. The summed E-state index contributed by atoms with van der Waals surface area (Å²) in [5.74, 6) is -0.470. The average molecular weight is 604 g/mol. The summed E-state index contributed by atoms with van der Waals surface area (Å²) in [4.78, 5) is 22.4. The van der Waals surface area contributed by atoms with Crippen LogP contribution in [-0.4, -0.2) is 36.1 Å². The molecule has 0 saturated carbocycles. The Balaban J connectivity index is 0.00000205. The largest absolute Gasteiger partial charge is 0.369 e. The zero-order chi connectivity index (χ0) is 29.0. The van der Waals surface area contributed by atoms with E-state index in [9.17, 15) is 9.18 Å². The number of nitrogens with one attached hydrogen (secondary N) is 1. The molecule has 1 spiro atoms. The van der Waals surface area contributed by atoms with E-state index in [2.05, 4.69) is 66.9 Å². The molecule has 0 unspecified atom stereocenters. The highest BCUT2D eigenvalue weighted by Crippen LogP contribution is 2.45. The van der Waals surface area contributed by atoms with Gasteiger partial charge in [-0.1, -0.05) is 36.6 Å². The number of aryl methyl sites for hydroxylation is 1. The van der Waals surface area contributed by atoms with Crippen LogP contribution in [0.4, 0.5) is 15.2 Å². The molecular weight excluding hydrogens is 570 g/mol. The first-order chi connectivity index (χ1) is 18.4. The van der Waals surface area contributed by atoms with Gasteiger partial charge in [0.2, 0.25) is 5.91 Å². The molecule has 208 valence electrons. The van der Waals surface area contributed by atoms with E-state index in [1.54, 1.807) is 35.4 Å². The van der Waals surface area contributed by atoms with Crippen molar-refractivity contribution < 1.29 is 9.18 Å². The van der Waals surface area contributed by atoms with E-state index in [4.69, 9.17) is 10.2 Å². The topological polar surface area (TPSA) is 72.3 Å². The van der Waals surface area contributed by atoms with Crippen molar-refractivity contribution >= 4 is 68.9 Å². The van der Waals surface area contributed by atoms with Gasteiger partial charge < -0.3 is 4.90 Å². The van der Waals surface area contributed by atoms with E-state index in [0.717, 1.165) is 33.6 Å². The third-order valence-electron chi connectivity index (χ3n) is 6.44. The highest BCUT2D eigenvalue weighted by atomic mass is 33.1. The molecule has 0 radical (unpaired) electrons. The molecule has 1 aromatic carbocycles. The maximum atomic E-state index is 14.0. The summed E-state index contributed by atoms with van der Waals surface area (Å²) in [6.45, 7) is 17.3. The second kappa shape index (κ2) is 13.0. The molecule has 11 heteroatoms. The van der Waals surface area contributed by atoms with Gasteiger partial charge in [-0.15, -0.1) is 23.3 Å². The zero-order valence-electron chi connectivity index (χ0n) is 22.6. The van der Waals surface area contributed by atoms with Crippen molar-refractivity contribution in [3.8, 4) is 6.07 Å². The minimum absolute atomic E-state index is 0.0250. The van der Waals surface area contributed by atoms with Crippen molar-refractivity contribution in [2.45, 2.75) is 50.3 Å². The minimum Gasteiger partial charge on any atom is -0.369 e. The lowest BCUT2D eigenvalue weighted by Crippen LogP contribution is -2.66. The highest BCUT2D eigenvalue weighted by molar-refractivity contribution is 8.59. The Morgan fingerprint density at radius 3 is 2.49 bits per heavy atom. The van der Waals surface area contributed by atoms with Gasteiger partial charge in [-0.05, 0) is 76.3 Å². The summed E-state index contributed by atoms with van der Waals surface area (Å²) < 4.78 is 18.5. The molecule has 1 N–H and O–H groups in total. The Morgan fingerprint density at radius 1 is 1.28 bits per heavy atom. The van der Waals surface area contributed by atoms with Crippen LogP contribution in [0.1, 0.15) is 44.9 Å². The van der Waals surface area contributed by atoms with Crippen molar-refractivity contribution in [3.63, 3.8) is 0 Å². The van der Waals surface area contributed by atoms with Crippen LogP contribution in [0.2, 0.25) is 0 Å². The third kappa shape index (κ3) is 7.30. The van der Waals surface area contributed by atoms with Crippen molar-refractivity contribution in [3.05, 3.63) is 66.2 Å². The number of nitrogens with zero attached hydrogens (tertiary/aromatic N) is 4. The Kier molecular flexibility index (Phi) is 10.4. The highest BCUT2D eigenvalue weighted by Gasteiger charge is 2.53. The second-order valence-corrected chi connectivity index (χ2v) is 12.7. The predicted octanol–water partition coefficient (Wildman–Crippen LogP) is 7.19. The van der Waals surface area contributed by atoms with Crippen molar-refractivity contribution in [2.75, 3.05) is 29.4 Å². The maximum absolute atomic E-state index is 14.0. The number of aromatic nitrogens is 1. The number of hydrogen-bond acceptors (Lipinski definition) is 9. The number of rotatable bonds is 7. The Morgan fingerprint density at radius 2 is 1.92 bits per heavy atom. The number of thiazole rings is 1. The van der Waals surface area contributed by atoms with Crippen LogP contribution >= 0.6 is 46.6 Å². The number of benzene rings is 1. The number of anilines is 2. The van der Waals surface area contributed by atoms with E-state index in [1.165, 1.54) is 6.08 Å². The third-order valence-corrected chi connectivity index (χ3v) is 9.11. The van der Waals surface area contributed by atoms with E-state index < -0.39 is 11.2 Å². The molecule has 0 atom stereocenters. The monoisotopic (exact) mass is 603 g/mol. The van der Waals surface area contributed by atoms with Gasteiger partial charge in [0.25, 0.3) is 0 Å². The Hall–Kier alpha value is -2.23. The number of hydrogen-bond donors (Lipinski definition) is 3. The first-order valence-electron chi connectivity index (χ1n) is 12.4. The fraction of sp³-hybridized carbons (Fsp3) is 0.393. The van der Waals surface area contributed by atoms with Crippen LogP contribution in [-0.2, 0) is 4.79 Å². The molecule has 0 aliphatic carbocycles. The summed E-state index contributed by atoms with van der Waals surface area (Å²) in [5.41, 5.74) is 2.50. The molecule has 2 fully saturated rings. The number of amides is 1. The SMILES string of the molecule is C=C(C#N)/C=C(\C(=C)F)c1ccc(N2CC3(CCCN(c4nc(C)c(SNC(C)(C)C)s4)C3=O)C2)cc1.SS. The molecule has 1 aromatic heterocycles. The van der Waals surface area contributed by atoms with Crippen LogP contribution < -0.4 is 14.5 Å². The summed E-state index contributed by atoms with van der Waals surface area (Å²) >= 11 is 9.58. The molecule has 6 nitrogen and oxygen atoms in total. The number of halogens is 1. The van der Waals surface area contributed by atoms with Crippen molar-refractivity contribution in [1.82, 2.24) is 9.71 Å². The lowest BCUT2D eigenvalue weighted by Gasteiger charge is -2.53. The molecule has 3 heterocycles. The van der Waals surface area contributed by atoms with E-state index >= 15 is 0 Å². The first-order valence-corrected chi connectivity index (χ1v) is 15.6. The van der Waals surface area contributed by atoms with E-state index in [0.29, 0.717) is 25.2 Å². The summed E-state index contributed by atoms with van der Waals surface area (Å²) in [6.07, 6.45) is 3.20. The Labute approximate surface area is 249 Å². The zero-order valence-corrected chi connectivity index (χ0v) is 26.0. The van der Waals surface area contributed by atoms with Gasteiger partial charge in [0.05, 0.1) is 17.2 Å². The number of allylic oxidation sites excluding steroid dienone is 4. The fourth-order valence-electron chi connectivity index (χ4n) is 4.57. The van der Waals surface area contributed by atoms with Crippen LogP contribution in [0, 0.1) is 23.7 Å². The summed E-state index contributed by atoms with van der Waals surface area (Å²) in [7, 11) is 0. The predicted molar refractivity (Wildman–Crippen MR) is 169 cm³/mol. The van der Waals surface area contributed by atoms with Crippen LogP contribution in [0.15, 0.2) is 59.1 Å². The number of thiol groups is 2. The average Bonchev–Trinajstić information content (AvgIpc) is 3.25. The van der Waals surface area contributed by atoms with E-state index in [1.807, 2.05) is 30.0 Å². The molecule has 39 heavy (non-hydrogen) atoms. The van der Waals surface area contributed by atoms with Crippen LogP contribution in [0.5, 0.6) is 0 Å². The fourth-order valence-corrected chi connectivity index (χ4v) is 6.50. The van der Waals surface area contributed by atoms with Gasteiger partial charge in [0.15, 0.2) is 5.13 Å². The minimum atomic E-state index is -0.617.